The highest BCUT2D eigenvalue weighted by Crippen LogP contribution is 2.39. The van der Waals surface area contributed by atoms with E-state index in [1.807, 2.05) is 48.6 Å². The fourth-order valence-corrected chi connectivity index (χ4v) is 5.57. The van der Waals surface area contributed by atoms with E-state index < -0.39 is 0 Å². The maximum absolute atomic E-state index is 12.0. The zero-order chi connectivity index (χ0) is 34.4. The summed E-state index contributed by atoms with van der Waals surface area (Å²) in [6, 6.07) is 9.70. The van der Waals surface area contributed by atoms with Gasteiger partial charge in [0.15, 0.2) is 23.0 Å². The molecule has 0 aliphatic carbocycles. The van der Waals surface area contributed by atoms with Crippen molar-refractivity contribution in [3.05, 3.63) is 53.6 Å². The van der Waals surface area contributed by atoms with Crippen LogP contribution in [0, 0.1) is 0 Å². The second-order valence-electron chi connectivity index (χ2n) is 11.9. The fraction of sp³-hybridized carbons (Fsp3) is 0.538. The average Bonchev–Trinajstić information content (AvgIpc) is 3.10. The molecule has 2 aromatic carbocycles. The fourth-order valence-electron chi connectivity index (χ4n) is 5.57. The Morgan fingerprint density at radius 2 is 1.31 bits per heavy atom. The van der Waals surface area contributed by atoms with Crippen LogP contribution in [-0.2, 0) is 19.1 Å². The third kappa shape index (κ3) is 13.9. The number of ether oxygens (including phenoxy) is 7. The van der Waals surface area contributed by atoms with Crippen LogP contribution in [0.15, 0.2) is 42.5 Å². The monoisotopic (exact) mass is 666 g/mol. The van der Waals surface area contributed by atoms with Gasteiger partial charge in [-0.1, -0.05) is 62.8 Å². The smallest absolute Gasteiger partial charge is 0.330 e. The predicted octanol–water partition coefficient (Wildman–Crippen LogP) is 8.76. The summed E-state index contributed by atoms with van der Waals surface area (Å²) in [4.78, 5) is 23.2. The molecule has 0 saturated carbocycles. The lowest BCUT2D eigenvalue weighted by molar-refractivity contribution is -0.145. The van der Waals surface area contributed by atoms with Crippen LogP contribution in [0.5, 0.6) is 28.7 Å². The van der Waals surface area contributed by atoms with Crippen LogP contribution in [0.25, 0.3) is 12.2 Å². The van der Waals surface area contributed by atoms with Gasteiger partial charge in [0.25, 0.3) is 0 Å². The highest BCUT2D eigenvalue weighted by Gasteiger charge is 2.15. The van der Waals surface area contributed by atoms with E-state index in [0.29, 0.717) is 42.6 Å². The van der Waals surface area contributed by atoms with Gasteiger partial charge in [-0.25, -0.2) is 4.79 Å². The summed E-state index contributed by atoms with van der Waals surface area (Å²) in [6.45, 7) is 1.10. The minimum Gasteiger partial charge on any atom is -0.493 e. The molecular weight excluding hydrogens is 612 g/mol. The minimum absolute atomic E-state index is 0.00366. The van der Waals surface area contributed by atoms with E-state index in [2.05, 4.69) is 0 Å². The molecule has 1 aliphatic rings. The molecule has 0 saturated heterocycles. The van der Waals surface area contributed by atoms with Crippen LogP contribution in [0.2, 0.25) is 0 Å². The molecule has 1 atom stereocenters. The first-order chi connectivity index (χ1) is 23.5. The van der Waals surface area contributed by atoms with E-state index in [0.717, 1.165) is 81.1 Å². The quantitative estimate of drug-likeness (QED) is 0.0619. The lowest BCUT2D eigenvalue weighted by atomic mass is 10.1. The molecule has 264 valence electrons. The van der Waals surface area contributed by atoms with E-state index in [1.165, 1.54) is 25.3 Å². The number of benzene rings is 2. The van der Waals surface area contributed by atoms with Gasteiger partial charge in [-0.3, -0.25) is 4.79 Å². The van der Waals surface area contributed by atoms with Gasteiger partial charge in [0.05, 0.1) is 41.7 Å². The molecule has 48 heavy (non-hydrogen) atoms. The number of methoxy groups -OCH3 is 4. The number of hydrogen-bond donors (Lipinski definition) is 0. The summed E-state index contributed by atoms with van der Waals surface area (Å²) in [5, 5.41) is 0. The van der Waals surface area contributed by atoms with Crippen LogP contribution >= 0.6 is 0 Å². The van der Waals surface area contributed by atoms with Crippen molar-refractivity contribution in [2.24, 2.45) is 0 Å². The van der Waals surface area contributed by atoms with E-state index in [9.17, 15) is 9.59 Å². The lowest BCUT2D eigenvalue weighted by Gasteiger charge is -2.18. The van der Waals surface area contributed by atoms with Gasteiger partial charge in [-0.2, -0.15) is 0 Å². The molecule has 9 nitrogen and oxygen atoms in total. The Labute approximate surface area is 286 Å². The number of hydrogen-bond acceptors (Lipinski definition) is 9. The number of cyclic esters (lactones) is 1. The first-order valence-electron chi connectivity index (χ1n) is 17.3. The van der Waals surface area contributed by atoms with Crippen molar-refractivity contribution in [3.63, 3.8) is 0 Å². The van der Waals surface area contributed by atoms with Crippen LogP contribution < -0.4 is 23.7 Å². The molecule has 2 aromatic rings. The van der Waals surface area contributed by atoms with Crippen molar-refractivity contribution in [2.45, 2.75) is 96.0 Å². The Bertz CT molecular complexity index is 1290. The van der Waals surface area contributed by atoms with Crippen LogP contribution in [0.1, 0.15) is 101 Å². The van der Waals surface area contributed by atoms with Gasteiger partial charge in [0.1, 0.15) is 6.10 Å². The normalized spacial score (nSPS) is 14.1. The summed E-state index contributed by atoms with van der Waals surface area (Å²) >= 11 is 0. The second kappa shape index (κ2) is 22.4. The summed E-state index contributed by atoms with van der Waals surface area (Å²) in [5.41, 5.74) is 1.91. The molecule has 0 N–H and O–H groups in total. The molecule has 0 bridgehead atoms. The summed E-state index contributed by atoms with van der Waals surface area (Å²) in [7, 11) is 6.45. The average molecular weight is 667 g/mol. The largest absolute Gasteiger partial charge is 0.493 e. The summed E-state index contributed by atoms with van der Waals surface area (Å²) in [6.07, 6.45) is 21.0. The van der Waals surface area contributed by atoms with Crippen LogP contribution in [0.4, 0.5) is 0 Å². The van der Waals surface area contributed by atoms with E-state index >= 15 is 0 Å². The van der Waals surface area contributed by atoms with Crippen molar-refractivity contribution in [2.75, 3.05) is 41.7 Å². The molecule has 0 spiro atoms. The Morgan fingerprint density at radius 1 is 0.708 bits per heavy atom. The van der Waals surface area contributed by atoms with Crippen molar-refractivity contribution in [3.8, 4) is 28.7 Å². The first kappa shape index (κ1) is 38.3. The van der Waals surface area contributed by atoms with Gasteiger partial charge < -0.3 is 33.2 Å². The minimum atomic E-state index is -0.248. The lowest BCUT2D eigenvalue weighted by Crippen LogP contribution is -2.19. The molecule has 0 amide bonds. The molecule has 0 radical (unpaired) electrons. The Hall–Kier alpha value is -4.14. The van der Waals surface area contributed by atoms with Gasteiger partial charge in [0.2, 0.25) is 5.75 Å². The molecule has 0 unspecified atom stereocenters. The zero-order valence-corrected chi connectivity index (χ0v) is 29.3. The third-order valence-corrected chi connectivity index (χ3v) is 8.24. The molecule has 0 fully saturated rings. The van der Waals surface area contributed by atoms with E-state index in [-0.39, 0.29) is 18.0 Å². The molecule has 0 aromatic heterocycles. The second-order valence-corrected chi connectivity index (χ2v) is 11.9. The van der Waals surface area contributed by atoms with Crippen molar-refractivity contribution < 1.29 is 42.7 Å². The Kier molecular flexibility index (Phi) is 17.9. The number of unbranched alkanes of at least 4 members (excludes halogenated alkanes) is 9. The van der Waals surface area contributed by atoms with Crippen LogP contribution in [0.3, 0.4) is 0 Å². The predicted molar refractivity (Wildman–Crippen MR) is 188 cm³/mol. The highest BCUT2D eigenvalue weighted by atomic mass is 16.5. The van der Waals surface area contributed by atoms with Gasteiger partial charge >= 0.3 is 11.9 Å². The van der Waals surface area contributed by atoms with Gasteiger partial charge in [-0.15, -0.1) is 0 Å². The standard InChI is InChI=1S/C39H54O9/c1-42-33-24-23-30(21-22-31-28-35(43-2)39(45-4)36(29-31)44-3)27-34(33)46-25-14-10-8-6-5-7-9-13-19-37(40)47-26-15-11-12-17-32-18-16-20-38(41)48-32/h16,20-24,27-29,32H,5-15,17-19,25-26H2,1-4H3/b22-21-/t32-/m0/s1. The molecule has 3 rings (SSSR count). The maximum Gasteiger partial charge on any atom is 0.330 e. The maximum atomic E-state index is 12.0. The topological polar surface area (TPSA) is 98.8 Å². The number of carbonyl (C=O) groups is 2. The first-order valence-corrected chi connectivity index (χ1v) is 17.3. The van der Waals surface area contributed by atoms with Gasteiger partial charge in [-0.05, 0) is 73.9 Å². The van der Waals surface area contributed by atoms with Crippen molar-refractivity contribution in [1.29, 1.82) is 0 Å². The highest BCUT2D eigenvalue weighted by molar-refractivity contribution is 5.82. The molecular formula is C39H54O9. The van der Waals surface area contributed by atoms with E-state index in [4.69, 9.17) is 33.2 Å². The van der Waals surface area contributed by atoms with Crippen LogP contribution in [-0.4, -0.2) is 59.7 Å². The molecule has 9 heteroatoms. The Balaban J connectivity index is 1.22. The van der Waals surface area contributed by atoms with Gasteiger partial charge in [0, 0.05) is 18.9 Å². The van der Waals surface area contributed by atoms with Crippen molar-refractivity contribution in [1.82, 2.24) is 0 Å². The number of esters is 2. The summed E-state index contributed by atoms with van der Waals surface area (Å²) in [5.74, 6) is 2.86. The Morgan fingerprint density at radius 3 is 1.98 bits per heavy atom. The SMILES string of the molecule is COc1ccc(/C=C\c2cc(OC)c(OC)c(OC)c2)cc1OCCCCCCCCCCC(=O)OCCCCC[C@H]1CC=CC(=O)O1. The zero-order valence-electron chi connectivity index (χ0n) is 29.3. The van der Waals surface area contributed by atoms with E-state index in [1.54, 1.807) is 28.4 Å². The number of rotatable bonds is 24. The summed E-state index contributed by atoms with van der Waals surface area (Å²) < 4.78 is 38.6. The number of carbonyl (C=O) groups excluding carboxylic acids is 2. The molecule has 1 heterocycles. The van der Waals surface area contributed by atoms with Crippen molar-refractivity contribution >= 4 is 24.1 Å². The third-order valence-electron chi connectivity index (χ3n) is 8.24. The molecule has 1 aliphatic heterocycles.